The molecule has 2 aliphatic heterocycles. The molecule has 0 N–H and O–H groups in total. The molecule has 0 radical (unpaired) electrons. The molecule has 1 saturated heterocycles. The maximum absolute atomic E-state index is 12.8. The van der Waals surface area contributed by atoms with Crippen LogP contribution in [0.1, 0.15) is 40.5 Å². The van der Waals surface area contributed by atoms with E-state index >= 15 is 0 Å². The van der Waals surface area contributed by atoms with Crippen molar-refractivity contribution in [3.8, 4) is 11.5 Å². The fourth-order valence-corrected chi connectivity index (χ4v) is 3.24. The van der Waals surface area contributed by atoms with Crippen LogP contribution in [0.25, 0.3) is 0 Å². The van der Waals surface area contributed by atoms with Crippen LogP contribution in [0, 0.1) is 6.92 Å². The van der Waals surface area contributed by atoms with Crippen molar-refractivity contribution in [3.05, 3.63) is 53.3 Å². The quantitative estimate of drug-likeness (QED) is 0.855. The summed E-state index contributed by atoms with van der Waals surface area (Å²) in [6.45, 7) is 2.95. The van der Waals surface area contributed by atoms with Gasteiger partial charge in [0.2, 0.25) is 6.79 Å². The second-order valence-electron chi connectivity index (χ2n) is 5.96. The molecule has 1 atom stereocenters. The molecule has 23 heavy (non-hydrogen) atoms. The first-order valence-corrected chi connectivity index (χ1v) is 7.85. The van der Waals surface area contributed by atoms with Gasteiger partial charge in [-0.05, 0) is 49.6 Å². The van der Waals surface area contributed by atoms with E-state index in [1.807, 2.05) is 42.2 Å². The van der Waals surface area contributed by atoms with Gasteiger partial charge in [0.05, 0.1) is 11.6 Å². The lowest BCUT2D eigenvalue weighted by atomic mass is 10.0. The molecule has 5 nitrogen and oxygen atoms in total. The minimum atomic E-state index is 0.0395. The monoisotopic (exact) mass is 310 g/mol. The van der Waals surface area contributed by atoms with E-state index < -0.39 is 0 Å². The minimum Gasteiger partial charge on any atom is -0.454 e. The zero-order valence-electron chi connectivity index (χ0n) is 13.0. The van der Waals surface area contributed by atoms with E-state index in [1.165, 1.54) is 0 Å². The van der Waals surface area contributed by atoms with Gasteiger partial charge in [-0.2, -0.15) is 0 Å². The standard InChI is InChI=1S/C18H18N2O3/c1-12-4-5-14(10-19-12)18(21)20-8-2-3-15(20)13-6-7-16-17(9-13)23-11-22-16/h4-7,9-10,15H,2-3,8,11H2,1H3/t15-/m0/s1. The van der Waals surface area contributed by atoms with Crippen LogP contribution < -0.4 is 9.47 Å². The average Bonchev–Trinajstić information content (AvgIpc) is 3.23. The van der Waals surface area contributed by atoms with Crippen molar-refractivity contribution in [2.45, 2.75) is 25.8 Å². The van der Waals surface area contributed by atoms with Crippen molar-refractivity contribution in [2.24, 2.45) is 0 Å². The van der Waals surface area contributed by atoms with Crippen molar-refractivity contribution in [2.75, 3.05) is 13.3 Å². The zero-order valence-corrected chi connectivity index (χ0v) is 13.0. The molecule has 0 spiro atoms. The Balaban J connectivity index is 1.61. The van der Waals surface area contributed by atoms with Gasteiger partial charge in [0.25, 0.3) is 5.91 Å². The molecule has 2 aromatic rings. The van der Waals surface area contributed by atoms with E-state index in [0.717, 1.165) is 42.1 Å². The lowest BCUT2D eigenvalue weighted by Crippen LogP contribution is -2.30. The number of nitrogens with zero attached hydrogens (tertiary/aromatic N) is 2. The van der Waals surface area contributed by atoms with Crippen molar-refractivity contribution in [1.82, 2.24) is 9.88 Å². The van der Waals surface area contributed by atoms with Gasteiger partial charge in [-0.1, -0.05) is 6.07 Å². The summed E-state index contributed by atoms with van der Waals surface area (Å²) in [5.41, 5.74) is 2.65. The van der Waals surface area contributed by atoms with Crippen LogP contribution in [0.4, 0.5) is 0 Å². The third kappa shape index (κ3) is 2.52. The van der Waals surface area contributed by atoms with Crippen LogP contribution in [-0.2, 0) is 0 Å². The van der Waals surface area contributed by atoms with E-state index in [2.05, 4.69) is 4.98 Å². The third-order valence-electron chi connectivity index (χ3n) is 4.45. The number of pyridine rings is 1. The fraction of sp³-hybridized carbons (Fsp3) is 0.333. The molecule has 1 aromatic heterocycles. The van der Waals surface area contributed by atoms with Crippen molar-refractivity contribution in [3.63, 3.8) is 0 Å². The molecular formula is C18H18N2O3. The number of aromatic nitrogens is 1. The molecule has 3 heterocycles. The number of likely N-dealkylation sites (tertiary alicyclic amines) is 1. The smallest absolute Gasteiger partial charge is 0.255 e. The Morgan fingerprint density at radius 2 is 2.09 bits per heavy atom. The molecule has 1 aromatic carbocycles. The zero-order chi connectivity index (χ0) is 15.8. The first kappa shape index (κ1) is 14.1. The van der Waals surface area contributed by atoms with Gasteiger partial charge in [-0.25, -0.2) is 0 Å². The van der Waals surface area contributed by atoms with Crippen LogP contribution in [0.3, 0.4) is 0 Å². The van der Waals surface area contributed by atoms with Crippen molar-refractivity contribution >= 4 is 5.91 Å². The van der Waals surface area contributed by atoms with Crippen LogP contribution in [0.5, 0.6) is 11.5 Å². The van der Waals surface area contributed by atoms with Gasteiger partial charge in [0.1, 0.15) is 0 Å². The maximum atomic E-state index is 12.8. The van der Waals surface area contributed by atoms with E-state index in [4.69, 9.17) is 9.47 Å². The van der Waals surface area contributed by atoms with Crippen molar-refractivity contribution < 1.29 is 14.3 Å². The molecule has 1 fully saturated rings. The highest BCUT2D eigenvalue weighted by atomic mass is 16.7. The molecule has 2 aliphatic rings. The number of carbonyl (C=O) groups is 1. The summed E-state index contributed by atoms with van der Waals surface area (Å²) in [5, 5.41) is 0. The van der Waals surface area contributed by atoms with Crippen LogP contribution in [0.15, 0.2) is 36.5 Å². The number of amides is 1. The average molecular weight is 310 g/mol. The van der Waals surface area contributed by atoms with E-state index in [-0.39, 0.29) is 18.7 Å². The van der Waals surface area contributed by atoms with Gasteiger partial charge < -0.3 is 14.4 Å². The summed E-state index contributed by atoms with van der Waals surface area (Å²) in [5.74, 6) is 1.57. The van der Waals surface area contributed by atoms with Gasteiger partial charge in [0, 0.05) is 18.4 Å². The Morgan fingerprint density at radius 1 is 1.22 bits per heavy atom. The lowest BCUT2D eigenvalue weighted by molar-refractivity contribution is 0.0735. The lowest BCUT2D eigenvalue weighted by Gasteiger charge is -2.25. The second kappa shape index (κ2) is 5.57. The van der Waals surface area contributed by atoms with E-state index in [9.17, 15) is 4.79 Å². The van der Waals surface area contributed by atoms with Crippen molar-refractivity contribution in [1.29, 1.82) is 0 Å². The Kier molecular flexibility index (Phi) is 3.41. The molecule has 0 bridgehead atoms. The molecule has 118 valence electrons. The first-order chi connectivity index (χ1) is 11.2. The summed E-state index contributed by atoms with van der Waals surface area (Å²) in [7, 11) is 0. The minimum absolute atomic E-state index is 0.0395. The number of fused-ring (bicyclic) bond motifs is 1. The molecular weight excluding hydrogens is 292 g/mol. The molecule has 0 saturated carbocycles. The highest BCUT2D eigenvalue weighted by Crippen LogP contribution is 2.39. The highest BCUT2D eigenvalue weighted by Gasteiger charge is 2.31. The number of benzene rings is 1. The van der Waals surface area contributed by atoms with Crippen LogP contribution in [0.2, 0.25) is 0 Å². The number of rotatable bonds is 2. The van der Waals surface area contributed by atoms with Gasteiger partial charge in [-0.15, -0.1) is 0 Å². The molecule has 4 rings (SSSR count). The Bertz CT molecular complexity index is 742. The number of ether oxygens (including phenoxy) is 2. The van der Waals surface area contributed by atoms with Gasteiger partial charge >= 0.3 is 0 Å². The maximum Gasteiger partial charge on any atom is 0.255 e. The number of aryl methyl sites for hydroxylation is 1. The highest BCUT2D eigenvalue weighted by molar-refractivity contribution is 5.94. The molecule has 0 aliphatic carbocycles. The largest absolute Gasteiger partial charge is 0.454 e. The van der Waals surface area contributed by atoms with Gasteiger partial charge in [0.15, 0.2) is 11.5 Å². The SMILES string of the molecule is Cc1ccc(C(=O)N2CCC[C@H]2c2ccc3c(c2)OCO3)cn1. The van der Waals surface area contributed by atoms with E-state index in [1.54, 1.807) is 6.20 Å². The summed E-state index contributed by atoms with van der Waals surface area (Å²) >= 11 is 0. The predicted octanol–water partition coefficient (Wildman–Crippen LogP) is 3.10. The third-order valence-corrected chi connectivity index (χ3v) is 4.45. The number of hydrogen-bond acceptors (Lipinski definition) is 4. The first-order valence-electron chi connectivity index (χ1n) is 7.85. The topological polar surface area (TPSA) is 51.7 Å². The summed E-state index contributed by atoms with van der Waals surface area (Å²) in [4.78, 5) is 19.0. The Labute approximate surface area is 134 Å². The van der Waals surface area contributed by atoms with Gasteiger partial charge in [-0.3, -0.25) is 9.78 Å². The van der Waals surface area contributed by atoms with E-state index in [0.29, 0.717) is 5.56 Å². The number of hydrogen-bond donors (Lipinski definition) is 0. The molecule has 0 unspecified atom stereocenters. The normalized spacial score (nSPS) is 19.2. The number of carbonyl (C=O) groups excluding carboxylic acids is 1. The molecule has 1 amide bonds. The predicted molar refractivity (Wildman–Crippen MR) is 84.6 cm³/mol. The Hall–Kier alpha value is -2.56. The summed E-state index contributed by atoms with van der Waals surface area (Å²) < 4.78 is 10.8. The summed E-state index contributed by atoms with van der Waals surface area (Å²) in [6, 6.07) is 9.74. The summed E-state index contributed by atoms with van der Waals surface area (Å²) in [6.07, 6.45) is 3.63. The van der Waals surface area contributed by atoms with Crippen LogP contribution >= 0.6 is 0 Å². The second-order valence-corrected chi connectivity index (χ2v) is 5.96. The molecule has 5 heteroatoms. The van der Waals surface area contributed by atoms with Crippen LogP contribution in [-0.4, -0.2) is 29.1 Å². The fourth-order valence-electron chi connectivity index (χ4n) is 3.24. The Morgan fingerprint density at radius 3 is 2.91 bits per heavy atom.